The summed E-state index contributed by atoms with van der Waals surface area (Å²) >= 11 is 12.3. The van der Waals surface area contributed by atoms with E-state index in [0.29, 0.717) is 6.42 Å². The van der Waals surface area contributed by atoms with Gasteiger partial charge in [-0.25, -0.2) is 19.2 Å². The molecule has 0 N–H and O–H groups in total. The molecular formula is C25H28O8S8. The van der Waals surface area contributed by atoms with Gasteiger partial charge in [-0.3, -0.25) is 0 Å². The van der Waals surface area contributed by atoms with Crippen LogP contribution >= 0.6 is 94.1 Å². The van der Waals surface area contributed by atoms with Gasteiger partial charge in [0.05, 0.1) is 44.1 Å². The minimum atomic E-state index is -0.530. The average Bonchev–Trinajstić information content (AvgIpc) is 3.75. The predicted molar refractivity (Wildman–Crippen MR) is 177 cm³/mol. The maximum absolute atomic E-state index is 12.8. The molecule has 0 bridgehead atoms. The second-order valence-electron chi connectivity index (χ2n) is 7.90. The van der Waals surface area contributed by atoms with Crippen LogP contribution in [0.5, 0.6) is 0 Å². The van der Waals surface area contributed by atoms with E-state index in [-0.39, 0.29) is 55.2 Å². The van der Waals surface area contributed by atoms with Gasteiger partial charge in [-0.2, -0.15) is 0 Å². The molecule has 4 rings (SSSR count). The van der Waals surface area contributed by atoms with Crippen LogP contribution in [0.15, 0.2) is 37.9 Å². The Bertz CT molecular complexity index is 1160. The molecule has 8 nitrogen and oxygen atoms in total. The highest BCUT2D eigenvalue weighted by Gasteiger charge is 2.43. The molecule has 1 fully saturated rings. The van der Waals surface area contributed by atoms with Gasteiger partial charge in [0.1, 0.15) is 19.6 Å². The van der Waals surface area contributed by atoms with Crippen LogP contribution in [0, 0.1) is 0 Å². The molecule has 4 aliphatic heterocycles. The summed E-state index contributed by atoms with van der Waals surface area (Å²) in [4.78, 5) is 54.2. The van der Waals surface area contributed by atoms with Gasteiger partial charge in [-0.15, -0.1) is 47.0 Å². The van der Waals surface area contributed by atoms with Crippen molar-refractivity contribution >= 4 is 118 Å². The lowest BCUT2D eigenvalue weighted by molar-refractivity contribution is -0.140. The molecule has 0 radical (unpaired) electrons. The summed E-state index contributed by atoms with van der Waals surface area (Å²) in [6.45, 7) is 7.72. The first-order valence-electron chi connectivity index (χ1n) is 12.7. The van der Waals surface area contributed by atoms with E-state index < -0.39 is 23.9 Å². The SMILES string of the molecule is CCOC(=O)C1=C(C(=O)OCC)SC(CC2=C(C3SC(C(=O)OCC)=C(C(=O)OCC)S3)SC(=C3SCCS3)S2)S1. The number of allylic oxidation sites excluding steroid dienone is 1. The second kappa shape index (κ2) is 16.1. The quantitative estimate of drug-likeness (QED) is 0.163. The van der Waals surface area contributed by atoms with Crippen molar-refractivity contribution in [1.29, 1.82) is 0 Å². The molecule has 224 valence electrons. The van der Waals surface area contributed by atoms with Crippen molar-refractivity contribution in [3.8, 4) is 0 Å². The van der Waals surface area contributed by atoms with E-state index >= 15 is 0 Å². The van der Waals surface area contributed by atoms with Gasteiger partial charge in [-0.05, 0) is 27.7 Å². The standard InChI is InChI=1S/C25H28O8S8/c1-5-30-19(26)15-16(20(27)31-6-2)38-13(37-15)11-12-14(39-25(36-12)24-34-9-10-35-24)23-40-17(21(28)32-7-3)18(41-23)22(29)33-8-4/h13,23H,5-11H2,1-4H3. The third-order valence-electron chi connectivity index (χ3n) is 5.18. The molecule has 16 heteroatoms. The summed E-state index contributed by atoms with van der Waals surface area (Å²) < 4.78 is 23.0. The molecule has 0 aliphatic carbocycles. The Labute approximate surface area is 273 Å². The molecule has 0 aromatic carbocycles. The molecule has 4 aliphatic rings. The highest BCUT2D eigenvalue weighted by Crippen LogP contribution is 2.64. The molecule has 4 heterocycles. The fourth-order valence-electron chi connectivity index (χ4n) is 3.60. The Balaban J connectivity index is 1.61. The van der Waals surface area contributed by atoms with Crippen LogP contribution in [0.4, 0.5) is 0 Å². The number of thioether (sulfide) groups is 8. The lowest BCUT2D eigenvalue weighted by Gasteiger charge is -2.14. The molecule has 0 aromatic heterocycles. The van der Waals surface area contributed by atoms with E-state index in [0.717, 1.165) is 21.3 Å². The summed E-state index contributed by atoms with van der Waals surface area (Å²) in [5, 5.41) is 0. The van der Waals surface area contributed by atoms with E-state index in [1.54, 1.807) is 51.2 Å². The Morgan fingerprint density at radius 1 is 0.610 bits per heavy atom. The summed E-state index contributed by atoms with van der Waals surface area (Å²) in [7, 11) is 0. The summed E-state index contributed by atoms with van der Waals surface area (Å²) in [5.74, 6) is -0.00830. The number of ether oxygens (including phenoxy) is 4. The lowest BCUT2D eigenvalue weighted by atomic mass is 10.4. The van der Waals surface area contributed by atoms with Gasteiger partial charge in [0.25, 0.3) is 0 Å². The molecule has 0 spiro atoms. The van der Waals surface area contributed by atoms with Crippen molar-refractivity contribution in [2.75, 3.05) is 37.9 Å². The van der Waals surface area contributed by atoms with Crippen molar-refractivity contribution in [2.45, 2.75) is 43.3 Å². The topological polar surface area (TPSA) is 105 Å². The number of hydrogen-bond acceptors (Lipinski definition) is 16. The van der Waals surface area contributed by atoms with Crippen LogP contribution in [0.2, 0.25) is 0 Å². The molecular weight excluding hydrogens is 685 g/mol. The van der Waals surface area contributed by atoms with E-state index in [9.17, 15) is 19.2 Å². The molecule has 1 saturated heterocycles. The summed E-state index contributed by atoms with van der Waals surface area (Å²) in [6.07, 6.45) is 0.571. The van der Waals surface area contributed by atoms with Gasteiger partial charge >= 0.3 is 23.9 Å². The predicted octanol–water partition coefficient (Wildman–Crippen LogP) is 6.96. The Kier molecular flexibility index (Phi) is 13.2. The van der Waals surface area contributed by atoms with Crippen LogP contribution in [0.1, 0.15) is 34.1 Å². The zero-order chi connectivity index (χ0) is 29.5. The monoisotopic (exact) mass is 712 g/mol. The highest BCUT2D eigenvalue weighted by atomic mass is 32.2. The first-order valence-corrected chi connectivity index (χ1v) is 19.9. The molecule has 0 amide bonds. The first kappa shape index (κ1) is 33.5. The minimum Gasteiger partial charge on any atom is -0.462 e. The van der Waals surface area contributed by atoms with Crippen LogP contribution in [-0.2, 0) is 38.1 Å². The molecule has 41 heavy (non-hydrogen) atoms. The minimum absolute atomic E-state index is 0.154. The lowest BCUT2D eigenvalue weighted by Crippen LogP contribution is -2.11. The number of hydrogen-bond donors (Lipinski definition) is 0. The molecule has 0 saturated carbocycles. The van der Waals surface area contributed by atoms with Crippen molar-refractivity contribution in [3.05, 3.63) is 37.9 Å². The number of esters is 4. The number of rotatable bonds is 11. The second-order valence-corrected chi connectivity index (χ2v) is 18.0. The maximum Gasteiger partial charge on any atom is 0.346 e. The zero-order valence-corrected chi connectivity index (χ0v) is 29.2. The Morgan fingerprint density at radius 3 is 1.44 bits per heavy atom. The number of carbonyl (C=O) groups is 4. The zero-order valence-electron chi connectivity index (χ0n) is 22.6. The van der Waals surface area contributed by atoms with Crippen molar-refractivity contribution in [3.63, 3.8) is 0 Å². The van der Waals surface area contributed by atoms with Gasteiger partial charge < -0.3 is 18.9 Å². The van der Waals surface area contributed by atoms with E-state index in [4.69, 9.17) is 18.9 Å². The van der Waals surface area contributed by atoms with Crippen LogP contribution in [0.25, 0.3) is 0 Å². The number of carbonyl (C=O) groups excluding carboxylic acids is 4. The molecule has 0 aromatic rings. The third kappa shape index (κ3) is 8.22. The van der Waals surface area contributed by atoms with Crippen LogP contribution < -0.4 is 0 Å². The summed E-state index contributed by atoms with van der Waals surface area (Å²) in [6, 6.07) is 0. The molecule has 0 unspecified atom stereocenters. The Morgan fingerprint density at radius 2 is 1.02 bits per heavy atom. The van der Waals surface area contributed by atoms with E-state index in [1.807, 2.05) is 23.5 Å². The van der Waals surface area contributed by atoms with Crippen LogP contribution in [-0.4, -0.2) is 71.0 Å². The third-order valence-corrected chi connectivity index (χ3v) is 17.1. The maximum atomic E-state index is 12.8. The highest BCUT2D eigenvalue weighted by molar-refractivity contribution is 8.34. The van der Waals surface area contributed by atoms with Crippen molar-refractivity contribution in [2.24, 2.45) is 0 Å². The summed E-state index contributed by atoms with van der Waals surface area (Å²) in [5.41, 5.74) is 0. The smallest absolute Gasteiger partial charge is 0.346 e. The largest absolute Gasteiger partial charge is 0.462 e. The first-order chi connectivity index (χ1) is 19.8. The van der Waals surface area contributed by atoms with Crippen molar-refractivity contribution < 1.29 is 38.1 Å². The normalized spacial score (nSPS) is 20.0. The van der Waals surface area contributed by atoms with Crippen molar-refractivity contribution in [1.82, 2.24) is 0 Å². The van der Waals surface area contributed by atoms with Gasteiger partial charge in [-0.1, -0.05) is 47.0 Å². The van der Waals surface area contributed by atoms with E-state index in [1.165, 1.54) is 55.5 Å². The van der Waals surface area contributed by atoms with Crippen LogP contribution in [0.3, 0.4) is 0 Å². The fourth-order valence-corrected chi connectivity index (χ4v) is 15.6. The average molecular weight is 713 g/mol. The molecule has 0 atom stereocenters. The van der Waals surface area contributed by atoms with Gasteiger partial charge in [0.2, 0.25) is 0 Å². The Hall–Kier alpha value is -0.360. The van der Waals surface area contributed by atoms with Gasteiger partial charge in [0, 0.05) is 27.7 Å². The van der Waals surface area contributed by atoms with E-state index in [2.05, 4.69) is 0 Å². The van der Waals surface area contributed by atoms with Gasteiger partial charge in [0.15, 0.2) is 0 Å². The fraction of sp³-hybridized carbons (Fsp3) is 0.520.